The van der Waals surface area contributed by atoms with E-state index in [9.17, 15) is 13.2 Å². The number of aryl methyl sites for hydroxylation is 1. The first-order valence-electron chi connectivity index (χ1n) is 7.53. The van der Waals surface area contributed by atoms with E-state index in [1.165, 1.54) is 13.0 Å². The first kappa shape index (κ1) is 20.8. The van der Waals surface area contributed by atoms with Gasteiger partial charge in [-0.1, -0.05) is 46.9 Å². The fourth-order valence-electron chi connectivity index (χ4n) is 2.44. The molecule has 5 nitrogen and oxygen atoms in total. The summed E-state index contributed by atoms with van der Waals surface area (Å²) in [7, 11) is -3.76. The van der Waals surface area contributed by atoms with Crippen molar-refractivity contribution in [2.75, 3.05) is 15.9 Å². The number of nitrogens with one attached hydrogen (secondary N) is 1. The van der Waals surface area contributed by atoms with E-state index in [1.807, 2.05) is 0 Å². The lowest BCUT2D eigenvalue weighted by Gasteiger charge is -2.29. The highest BCUT2D eigenvalue weighted by Gasteiger charge is 2.30. The highest BCUT2D eigenvalue weighted by atomic mass is 35.5. The summed E-state index contributed by atoms with van der Waals surface area (Å²) < 4.78 is 25.8. The van der Waals surface area contributed by atoms with Crippen LogP contribution < -0.4 is 9.62 Å². The summed E-state index contributed by atoms with van der Waals surface area (Å²) in [4.78, 5) is 12.7. The standard InChI is InChI=1S/C17H17Cl3N2O3S/c1-10-7-8-12(18)9-15(10)22(26(3,24)25)11(2)17(23)21-14-6-4-5-13(19)16(14)20/h4-9,11H,1-3H3,(H,21,23)/t11-/m1/s1. The van der Waals surface area contributed by atoms with Crippen molar-refractivity contribution >= 4 is 62.1 Å². The molecule has 2 aromatic carbocycles. The number of hydrogen-bond acceptors (Lipinski definition) is 3. The van der Waals surface area contributed by atoms with E-state index in [0.29, 0.717) is 22.0 Å². The van der Waals surface area contributed by atoms with Gasteiger partial charge in [0.15, 0.2) is 0 Å². The van der Waals surface area contributed by atoms with Crippen molar-refractivity contribution in [3.63, 3.8) is 0 Å². The SMILES string of the molecule is Cc1ccc(Cl)cc1N([C@H](C)C(=O)Nc1cccc(Cl)c1Cl)S(C)(=O)=O. The molecule has 140 valence electrons. The Hall–Kier alpha value is -1.47. The molecular weight excluding hydrogens is 419 g/mol. The third-order valence-electron chi connectivity index (χ3n) is 3.71. The first-order chi connectivity index (χ1) is 12.0. The van der Waals surface area contributed by atoms with E-state index in [1.54, 1.807) is 37.3 Å². The number of carbonyl (C=O) groups excluding carboxylic acids is 1. The molecule has 2 aromatic rings. The van der Waals surface area contributed by atoms with Gasteiger partial charge in [-0.15, -0.1) is 0 Å². The monoisotopic (exact) mass is 434 g/mol. The average Bonchev–Trinajstić information content (AvgIpc) is 2.54. The third kappa shape index (κ3) is 4.62. The number of nitrogens with zero attached hydrogens (tertiary/aromatic N) is 1. The van der Waals surface area contributed by atoms with E-state index in [0.717, 1.165) is 10.6 Å². The predicted octanol–water partition coefficient (Wildman–Crippen LogP) is 4.75. The highest BCUT2D eigenvalue weighted by Crippen LogP contribution is 2.31. The number of sulfonamides is 1. The summed E-state index contributed by atoms with van der Waals surface area (Å²) in [6.07, 6.45) is 1.03. The topological polar surface area (TPSA) is 66.5 Å². The number of benzene rings is 2. The van der Waals surface area contributed by atoms with Gasteiger partial charge in [-0.25, -0.2) is 8.42 Å². The molecule has 0 aliphatic rings. The van der Waals surface area contributed by atoms with Crippen molar-refractivity contribution in [1.29, 1.82) is 0 Å². The number of amides is 1. The van der Waals surface area contributed by atoms with Crippen LogP contribution in [0.4, 0.5) is 11.4 Å². The van der Waals surface area contributed by atoms with Crippen LogP contribution in [0.1, 0.15) is 12.5 Å². The molecule has 0 aliphatic heterocycles. The second-order valence-electron chi connectivity index (χ2n) is 5.76. The van der Waals surface area contributed by atoms with Crippen molar-refractivity contribution in [2.24, 2.45) is 0 Å². The molecule has 1 N–H and O–H groups in total. The molecule has 1 amide bonds. The lowest BCUT2D eigenvalue weighted by atomic mass is 10.1. The number of rotatable bonds is 5. The zero-order chi connectivity index (χ0) is 19.6. The van der Waals surface area contributed by atoms with Crippen LogP contribution in [0.3, 0.4) is 0 Å². The maximum atomic E-state index is 12.7. The van der Waals surface area contributed by atoms with Crippen LogP contribution in [-0.2, 0) is 14.8 Å². The average molecular weight is 436 g/mol. The van der Waals surface area contributed by atoms with E-state index >= 15 is 0 Å². The summed E-state index contributed by atoms with van der Waals surface area (Å²) in [5.74, 6) is -0.557. The largest absolute Gasteiger partial charge is 0.323 e. The Labute approximate surface area is 167 Å². The Morgan fingerprint density at radius 3 is 2.42 bits per heavy atom. The van der Waals surface area contributed by atoms with Crippen LogP contribution in [0.15, 0.2) is 36.4 Å². The normalized spacial score (nSPS) is 12.5. The van der Waals surface area contributed by atoms with Crippen molar-refractivity contribution in [3.8, 4) is 0 Å². The van der Waals surface area contributed by atoms with Gasteiger partial charge in [0, 0.05) is 5.02 Å². The minimum absolute atomic E-state index is 0.180. The number of anilines is 2. The molecule has 26 heavy (non-hydrogen) atoms. The first-order valence-corrected chi connectivity index (χ1v) is 10.5. The van der Waals surface area contributed by atoms with Gasteiger partial charge >= 0.3 is 0 Å². The lowest BCUT2D eigenvalue weighted by Crippen LogP contribution is -2.45. The fourth-order valence-corrected chi connectivity index (χ4v) is 4.18. The maximum Gasteiger partial charge on any atom is 0.248 e. The number of hydrogen-bond donors (Lipinski definition) is 1. The van der Waals surface area contributed by atoms with Crippen LogP contribution in [-0.4, -0.2) is 26.6 Å². The van der Waals surface area contributed by atoms with Gasteiger partial charge in [-0.2, -0.15) is 0 Å². The molecule has 2 rings (SSSR count). The van der Waals surface area contributed by atoms with Gasteiger partial charge in [-0.05, 0) is 43.7 Å². The Kier molecular flexibility index (Phi) is 6.45. The van der Waals surface area contributed by atoms with E-state index < -0.39 is 22.0 Å². The maximum absolute atomic E-state index is 12.7. The molecule has 0 bridgehead atoms. The predicted molar refractivity (Wildman–Crippen MR) is 108 cm³/mol. The summed E-state index contributed by atoms with van der Waals surface area (Å²) >= 11 is 18.0. The number of carbonyl (C=O) groups is 1. The summed E-state index contributed by atoms with van der Waals surface area (Å²) in [6, 6.07) is 8.59. The van der Waals surface area contributed by atoms with Gasteiger partial charge in [0.2, 0.25) is 15.9 Å². The van der Waals surface area contributed by atoms with Crippen molar-refractivity contribution < 1.29 is 13.2 Å². The van der Waals surface area contributed by atoms with Crippen LogP contribution in [0, 0.1) is 6.92 Å². The van der Waals surface area contributed by atoms with Gasteiger partial charge < -0.3 is 5.32 Å². The minimum Gasteiger partial charge on any atom is -0.323 e. The molecule has 9 heteroatoms. The number of halogens is 3. The van der Waals surface area contributed by atoms with E-state index in [-0.39, 0.29) is 10.0 Å². The van der Waals surface area contributed by atoms with Crippen LogP contribution in [0.25, 0.3) is 0 Å². The van der Waals surface area contributed by atoms with Gasteiger partial charge in [0.25, 0.3) is 0 Å². The minimum atomic E-state index is -3.76. The highest BCUT2D eigenvalue weighted by molar-refractivity contribution is 7.92. The van der Waals surface area contributed by atoms with Gasteiger partial charge in [0.05, 0.1) is 27.7 Å². The molecule has 1 atom stereocenters. The summed E-state index contributed by atoms with van der Waals surface area (Å²) in [6.45, 7) is 3.22. The lowest BCUT2D eigenvalue weighted by molar-refractivity contribution is -0.116. The molecule has 0 saturated carbocycles. The molecule has 0 fully saturated rings. The Morgan fingerprint density at radius 1 is 1.15 bits per heavy atom. The van der Waals surface area contributed by atoms with Crippen molar-refractivity contribution in [2.45, 2.75) is 19.9 Å². The summed E-state index contributed by atoms with van der Waals surface area (Å²) in [5.41, 5.74) is 1.30. The molecular formula is C17H17Cl3N2O3S. The molecule has 0 unspecified atom stereocenters. The fraction of sp³-hybridized carbons (Fsp3) is 0.235. The van der Waals surface area contributed by atoms with Crippen molar-refractivity contribution in [3.05, 3.63) is 57.0 Å². The molecule has 0 spiro atoms. The molecule has 0 aliphatic carbocycles. The van der Waals surface area contributed by atoms with Gasteiger partial charge in [0.1, 0.15) is 6.04 Å². The van der Waals surface area contributed by atoms with Crippen LogP contribution >= 0.6 is 34.8 Å². The van der Waals surface area contributed by atoms with Gasteiger partial charge in [-0.3, -0.25) is 9.10 Å². The van der Waals surface area contributed by atoms with E-state index in [4.69, 9.17) is 34.8 Å². The molecule has 0 aromatic heterocycles. The quantitative estimate of drug-likeness (QED) is 0.737. The van der Waals surface area contributed by atoms with Crippen molar-refractivity contribution in [1.82, 2.24) is 0 Å². The zero-order valence-electron chi connectivity index (χ0n) is 14.3. The molecule has 0 heterocycles. The second kappa shape index (κ2) is 8.05. The van der Waals surface area contributed by atoms with Crippen LogP contribution in [0.5, 0.6) is 0 Å². The Morgan fingerprint density at radius 2 is 1.81 bits per heavy atom. The second-order valence-corrected chi connectivity index (χ2v) is 8.84. The molecule has 0 saturated heterocycles. The van der Waals surface area contributed by atoms with E-state index in [2.05, 4.69) is 5.32 Å². The summed E-state index contributed by atoms with van der Waals surface area (Å²) in [5, 5.41) is 3.44. The third-order valence-corrected chi connectivity index (χ3v) is 5.99. The smallest absolute Gasteiger partial charge is 0.248 e. The molecule has 0 radical (unpaired) electrons. The van der Waals surface area contributed by atoms with Crippen LogP contribution in [0.2, 0.25) is 15.1 Å². The Bertz CT molecular complexity index is 948. The zero-order valence-corrected chi connectivity index (χ0v) is 17.3. The Balaban J connectivity index is 2.41.